The highest BCUT2D eigenvalue weighted by molar-refractivity contribution is 7.87. The lowest BCUT2D eigenvalue weighted by Crippen LogP contribution is -2.25. The first-order valence-electron chi connectivity index (χ1n) is 5.79. The van der Waals surface area contributed by atoms with Crippen molar-refractivity contribution in [3.63, 3.8) is 0 Å². The SMILES string of the molecule is C=C(C)\C=C/C(=C/C(=C\C)OS(=O)(=O)C(F)(F)F)C(=C)C. The van der Waals surface area contributed by atoms with Crippen LogP contribution in [0.4, 0.5) is 13.2 Å². The molecule has 0 saturated carbocycles. The van der Waals surface area contributed by atoms with Crippen molar-refractivity contribution in [2.24, 2.45) is 0 Å². The summed E-state index contributed by atoms with van der Waals surface area (Å²) in [6.07, 6.45) is 5.44. The normalized spacial score (nSPS) is 14.4. The topological polar surface area (TPSA) is 43.4 Å². The third-order valence-corrected chi connectivity index (χ3v) is 3.09. The minimum atomic E-state index is -5.70. The van der Waals surface area contributed by atoms with Crippen LogP contribution in [-0.2, 0) is 14.3 Å². The molecule has 0 rings (SSSR count). The predicted octanol–water partition coefficient (Wildman–Crippen LogP) is 4.39. The highest BCUT2D eigenvalue weighted by atomic mass is 32.2. The molecule has 0 unspecified atom stereocenters. The molecule has 0 aromatic heterocycles. The molecule has 0 saturated heterocycles. The molecule has 0 spiro atoms. The molecule has 0 aromatic carbocycles. The van der Waals surface area contributed by atoms with Gasteiger partial charge in [-0.2, -0.15) is 21.6 Å². The summed E-state index contributed by atoms with van der Waals surface area (Å²) >= 11 is 0. The van der Waals surface area contributed by atoms with Crippen LogP contribution in [-0.4, -0.2) is 13.9 Å². The van der Waals surface area contributed by atoms with E-state index in [1.165, 1.54) is 6.92 Å². The van der Waals surface area contributed by atoms with Crippen molar-refractivity contribution in [2.75, 3.05) is 0 Å². The molecule has 0 aliphatic carbocycles. The zero-order valence-electron chi connectivity index (χ0n) is 12.0. The Kier molecular flexibility index (Phi) is 6.69. The molecule has 0 N–H and O–H groups in total. The van der Waals surface area contributed by atoms with Gasteiger partial charge in [0.05, 0.1) is 0 Å². The molecule has 0 atom stereocenters. The van der Waals surface area contributed by atoms with Gasteiger partial charge >= 0.3 is 15.6 Å². The van der Waals surface area contributed by atoms with Crippen LogP contribution < -0.4 is 0 Å². The van der Waals surface area contributed by atoms with Crippen LogP contribution in [0.2, 0.25) is 0 Å². The van der Waals surface area contributed by atoms with E-state index >= 15 is 0 Å². The monoisotopic (exact) mass is 322 g/mol. The van der Waals surface area contributed by atoms with Crippen molar-refractivity contribution >= 4 is 10.1 Å². The molecule has 118 valence electrons. The van der Waals surface area contributed by atoms with E-state index in [1.54, 1.807) is 26.0 Å². The number of hydrogen-bond acceptors (Lipinski definition) is 3. The van der Waals surface area contributed by atoms with E-state index in [-0.39, 0.29) is 0 Å². The van der Waals surface area contributed by atoms with Gasteiger partial charge in [0.2, 0.25) is 0 Å². The van der Waals surface area contributed by atoms with E-state index in [4.69, 9.17) is 0 Å². The average Bonchev–Trinajstić information content (AvgIpc) is 2.30. The summed E-state index contributed by atoms with van der Waals surface area (Å²) in [5, 5.41) is 0. The molecule has 0 radical (unpaired) electrons. The number of allylic oxidation sites excluding steroid dienone is 7. The third-order valence-electron chi connectivity index (χ3n) is 2.11. The summed E-state index contributed by atoms with van der Waals surface area (Å²) in [5.74, 6) is -0.448. The van der Waals surface area contributed by atoms with Crippen molar-refractivity contribution < 1.29 is 25.8 Å². The number of halogens is 3. The van der Waals surface area contributed by atoms with Crippen LogP contribution in [0.15, 0.2) is 59.9 Å². The lowest BCUT2D eigenvalue weighted by molar-refractivity contribution is -0.0519. The maximum absolute atomic E-state index is 12.3. The van der Waals surface area contributed by atoms with E-state index in [0.29, 0.717) is 16.7 Å². The Bertz CT molecular complexity index is 606. The van der Waals surface area contributed by atoms with Crippen molar-refractivity contribution in [1.82, 2.24) is 0 Å². The molecule has 21 heavy (non-hydrogen) atoms. The Hall–Kier alpha value is -1.76. The van der Waals surface area contributed by atoms with E-state index < -0.39 is 21.4 Å². The summed E-state index contributed by atoms with van der Waals surface area (Å²) < 4.78 is 62.8. The maximum Gasteiger partial charge on any atom is 0.534 e. The van der Waals surface area contributed by atoms with E-state index in [0.717, 1.165) is 12.2 Å². The molecule has 0 aromatic rings. The van der Waals surface area contributed by atoms with Gasteiger partial charge in [0.15, 0.2) is 0 Å². The lowest BCUT2D eigenvalue weighted by atomic mass is 10.1. The first kappa shape index (κ1) is 19.2. The second kappa shape index (κ2) is 7.31. The second-order valence-corrected chi connectivity index (χ2v) is 5.77. The van der Waals surface area contributed by atoms with Gasteiger partial charge in [-0.1, -0.05) is 36.5 Å². The van der Waals surface area contributed by atoms with E-state index in [1.807, 2.05) is 0 Å². The van der Waals surface area contributed by atoms with Gasteiger partial charge in [-0.05, 0) is 38.5 Å². The Balaban J connectivity index is 5.53. The van der Waals surface area contributed by atoms with E-state index in [9.17, 15) is 21.6 Å². The highest BCUT2D eigenvalue weighted by Gasteiger charge is 2.48. The van der Waals surface area contributed by atoms with Crippen LogP contribution in [0.1, 0.15) is 20.8 Å². The van der Waals surface area contributed by atoms with Gasteiger partial charge in [0.25, 0.3) is 0 Å². The van der Waals surface area contributed by atoms with Crippen LogP contribution in [0.3, 0.4) is 0 Å². The zero-order chi connectivity index (χ0) is 16.8. The summed E-state index contributed by atoms with van der Waals surface area (Å²) in [7, 11) is -5.70. The van der Waals surface area contributed by atoms with Gasteiger partial charge < -0.3 is 4.18 Å². The molecular weight excluding hydrogens is 305 g/mol. The molecule has 0 aliphatic heterocycles. The quantitative estimate of drug-likeness (QED) is 0.315. The maximum atomic E-state index is 12.3. The van der Waals surface area contributed by atoms with Gasteiger partial charge in [-0.15, -0.1) is 0 Å². The van der Waals surface area contributed by atoms with Gasteiger partial charge in [-0.25, -0.2) is 0 Å². The van der Waals surface area contributed by atoms with Crippen LogP contribution >= 0.6 is 0 Å². The van der Waals surface area contributed by atoms with E-state index in [2.05, 4.69) is 17.3 Å². The minimum absolute atomic E-state index is 0.420. The lowest BCUT2D eigenvalue weighted by Gasteiger charge is -2.11. The van der Waals surface area contributed by atoms with Crippen LogP contribution in [0.5, 0.6) is 0 Å². The Morgan fingerprint density at radius 2 is 1.67 bits per heavy atom. The van der Waals surface area contributed by atoms with Gasteiger partial charge in [0.1, 0.15) is 5.76 Å². The van der Waals surface area contributed by atoms with Gasteiger partial charge in [0, 0.05) is 0 Å². The van der Waals surface area contributed by atoms with Crippen LogP contribution in [0.25, 0.3) is 0 Å². The Morgan fingerprint density at radius 1 is 1.14 bits per heavy atom. The largest absolute Gasteiger partial charge is 0.534 e. The zero-order valence-corrected chi connectivity index (χ0v) is 12.8. The molecule has 3 nitrogen and oxygen atoms in total. The summed E-state index contributed by atoms with van der Waals surface area (Å²) in [6, 6.07) is 0. The molecule has 0 aliphatic rings. The standard InChI is InChI=1S/C14H17F3O3S/c1-6-13(20-21(18,19)14(15,16)17)9-12(11(4)5)8-7-10(2)3/h6-9H,2,4H2,1,3,5H3/b8-7-,12-9-,13-6+. The van der Waals surface area contributed by atoms with Gasteiger partial charge in [-0.3, -0.25) is 0 Å². The molecule has 0 fully saturated rings. The fourth-order valence-corrected chi connectivity index (χ4v) is 1.52. The first-order valence-corrected chi connectivity index (χ1v) is 7.19. The Morgan fingerprint density at radius 3 is 2.00 bits per heavy atom. The fourth-order valence-electron chi connectivity index (χ4n) is 1.03. The molecule has 0 bridgehead atoms. The summed E-state index contributed by atoms with van der Waals surface area (Å²) in [5.41, 5.74) is -3.82. The predicted molar refractivity (Wildman–Crippen MR) is 76.7 cm³/mol. The average molecular weight is 322 g/mol. The molecular formula is C14H17F3O3S. The molecule has 0 heterocycles. The fraction of sp³-hybridized carbons (Fsp3) is 0.286. The van der Waals surface area contributed by atoms with Crippen molar-refractivity contribution in [3.8, 4) is 0 Å². The minimum Gasteiger partial charge on any atom is -0.376 e. The Labute approximate surface area is 122 Å². The van der Waals surface area contributed by atoms with Crippen molar-refractivity contribution in [2.45, 2.75) is 26.3 Å². The number of rotatable bonds is 6. The van der Waals surface area contributed by atoms with Crippen LogP contribution in [0, 0.1) is 0 Å². The molecule has 7 heteroatoms. The van der Waals surface area contributed by atoms with Crippen molar-refractivity contribution in [1.29, 1.82) is 0 Å². The smallest absolute Gasteiger partial charge is 0.376 e. The summed E-state index contributed by atoms with van der Waals surface area (Å²) in [6.45, 7) is 12.0. The summed E-state index contributed by atoms with van der Waals surface area (Å²) in [4.78, 5) is 0. The second-order valence-electron chi connectivity index (χ2n) is 4.23. The first-order chi connectivity index (χ1) is 9.40. The number of hydrogen-bond donors (Lipinski definition) is 0. The van der Waals surface area contributed by atoms with Crippen molar-refractivity contribution in [3.05, 3.63) is 59.9 Å². The highest BCUT2D eigenvalue weighted by Crippen LogP contribution is 2.27. The third kappa shape index (κ3) is 6.48. The number of alkyl halides is 3. The molecule has 0 amide bonds.